The molecule has 0 fully saturated rings. The van der Waals surface area contributed by atoms with Crippen LogP contribution in [0.2, 0.25) is 0 Å². The third-order valence-corrected chi connectivity index (χ3v) is 8.63. The first kappa shape index (κ1) is 21.8. The highest BCUT2D eigenvalue weighted by Crippen LogP contribution is 2.45. The van der Waals surface area contributed by atoms with Crippen molar-refractivity contribution in [2.75, 3.05) is 0 Å². The first-order valence-corrected chi connectivity index (χ1v) is 13.1. The number of thiazole rings is 1. The molecule has 0 spiro atoms. The molecule has 1 aromatic heterocycles. The molecule has 0 aliphatic heterocycles. The Morgan fingerprint density at radius 1 is 0.703 bits per heavy atom. The number of para-hydroxylation sites is 1. The number of fused-ring (bicyclic) bond motifs is 3. The second-order valence-electron chi connectivity index (χ2n) is 9.49. The van der Waals surface area contributed by atoms with Gasteiger partial charge in [-0.1, -0.05) is 91.0 Å². The van der Waals surface area contributed by atoms with E-state index >= 15 is 0 Å². The van der Waals surface area contributed by atoms with Crippen molar-refractivity contribution in [1.29, 1.82) is 0 Å². The number of carbonyl (C=O) groups excluding carboxylic acids is 2. The summed E-state index contributed by atoms with van der Waals surface area (Å²) >= 11 is 1.68. The summed E-state index contributed by atoms with van der Waals surface area (Å²) in [6, 6.07) is 31.3. The standard InChI is InChI=1S/C33H21NO2S/c35-30-24-10-4-5-11-25(24)31(36)27-20-23(14-15-26(27)30)33(32-34-28-12-6-7-13-29(28)37-32)18-16-22(17-19-33)21-8-2-1-3-9-21/h1-18,20H,19H2. The molecule has 176 valence electrons. The maximum atomic E-state index is 13.5. The summed E-state index contributed by atoms with van der Waals surface area (Å²) in [4.78, 5) is 31.8. The number of hydrogen-bond donors (Lipinski definition) is 0. The van der Waals surface area contributed by atoms with E-state index in [-0.39, 0.29) is 11.6 Å². The fraction of sp³-hybridized carbons (Fsp3) is 0.0606. The molecule has 0 saturated heterocycles. The Bertz CT molecular complexity index is 1760. The van der Waals surface area contributed by atoms with E-state index in [4.69, 9.17) is 4.98 Å². The first-order chi connectivity index (χ1) is 18.1. The van der Waals surface area contributed by atoms with Crippen molar-refractivity contribution in [3.05, 3.63) is 154 Å². The van der Waals surface area contributed by atoms with Crippen molar-refractivity contribution < 1.29 is 9.59 Å². The number of ketones is 2. The summed E-state index contributed by atoms with van der Waals surface area (Å²) in [5.74, 6) is -0.206. The fourth-order valence-electron chi connectivity index (χ4n) is 5.42. The lowest BCUT2D eigenvalue weighted by atomic mass is 9.72. The Morgan fingerprint density at radius 3 is 2.11 bits per heavy atom. The van der Waals surface area contributed by atoms with Gasteiger partial charge in [0.25, 0.3) is 0 Å². The van der Waals surface area contributed by atoms with Crippen molar-refractivity contribution in [3.63, 3.8) is 0 Å². The Kier molecular flexibility index (Phi) is 4.91. The molecular formula is C33H21NO2S. The number of nitrogens with zero attached hydrogens (tertiary/aromatic N) is 1. The van der Waals surface area contributed by atoms with Crippen molar-refractivity contribution in [3.8, 4) is 0 Å². The van der Waals surface area contributed by atoms with Gasteiger partial charge in [-0.3, -0.25) is 9.59 Å². The Balaban J connectivity index is 1.40. The second kappa shape index (κ2) is 8.32. The second-order valence-corrected chi connectivity index (χ2v) is 10.5. The molecule has 4 aromatic carbocycles. The smallest absolute Gasteiger partial charge is 0.194 e. The van der Waals surface area contributed by atoms with E-state index in [9.17, 15) is 9.59 Å². The first-order valence-electron chi connectivity index (χ1n) is 12.3. The zero-order valence-corrected chi connectivity index (χ0v) is 20.7. The molecule has 37 heavy (non-hydrogen) atoms. The van der Waals surface area contributed by atoms with Crippen LogP contribution in [0.1, 0.15) is 54.4 Å². The monoisotopic (exact) mass is 495 g/mol. The lowest BCUT2D eigenvalue weighted by molar-refractivity contribution is 0.0979. The molecule has 0 amide bonds. The highest BCUT2D eigenvalue weighted by atomic mass is 32.1. The van der Waals surface area contributed by atoms with E-state index in [2.05, 4.69) is 36.4 Å². The molecule has 5 aromatic rings. The van der Waals surface area contributed by atoms with Crippen molar-refractivity contribution in [1.82, 2.24) is 4.98 Å². The topological polar surface area (TPSA) is 47.0 Å². The van der Waals surface area contributed by atoms with E-state index in [0.717, 1.165) is 26.4 Å². The Hall–Kier alpha value is -4.41. The predicted octanol–water partition coefficient (Wildman–Crippen LogP) is 7.40. The summed E-state index contributed by atoms with van der Waals surface area (Å²) in [6.45, 7) is 0. The van der Waals surface area contributed by atoms with Crippen LogP contribution in [0.3, 0.4) is 0 Å². The quantitative estimate of drug-likeness (QED) is 0.257. The number of aromatic nitrogens is 1. The van der Waals surface area contributed by atoms with Gasteiger partial charge in [0.2, 0.25) is 0 Å². The maximum Gasteiger partial charge on any atom is 0.194 e. The summed E-state index contributed by atoms with van der Waals surface area (Å²) in [5, 5.41) is 0.975. The normalized spacial score (nSPS) is 18.4. The van der Waals surface area contributed by atoms with Gasteiger partial charge in [0.05, 0.1) is 15.6 Å². The number of benzene rings is 4. The third kappa shape index (κ3) is 3.37. The van der Waals surface area contributed by atoms with Crippen LogP contribution in [-0.4, -0.2) is 16.6 Å². The minimum absolute atomic E-state index is 0.101. The molecule has 2 aliphatic carbocycles. The van der Waals surface area contributed by atoms with E-state index in [1.54, 1.807) is 35.6 Å². The highest BCUT2D eigenvalue weighted by molar-refractivity contribution is 7.18. The third-order valence-electron chi connectivity index (χ3n) is 7.41. The van der Waals surface area contributed by atoms with Crippen LogP contribution in [0.5, 0.6) is 0 Å². The minimum Gasteiger partial charge on any atom is -0.289 e. The van der Waals surface area contributed by atoms with Crippen LogP contribution in [0, 0.1) is 0 Å². The summed E-state index contributed by atoms with van der Waals surface area (Å²) in [6.07, 6.45) is 7.33. The van der Waals surface area contributed by atoms with Gasteiger partial charge in [-0.25, -0.2) is 4.98 Å². The number of rotatable bonds is 3. The van der Waals surface area contributed by atoms with Crippen LogP contribution in [0.4, 0.5) is 0 Å². The molecule has 0 radical (unpaired) electrons. The van der Waals surface area contributed by atoms with Crippen LogP contribution in [-0.2, 0) is 5.41 Å². The van der Waals surface area contributed by atoms with Crippen LogP contribution < -0.4 is 0 Å². The van der Waals surface area contributed by atoms with Crippen molar-refractivity contribution >= 4 is 38.7 Å². The lowest BCUT2D eigenvalue weighted by Gasteiger charge is -2.32. The predicted molar refractivity (Wildman–Crippen MR) is 148 cm³/mol. The fourth-order valence-corrected chi connectivity index (χ4v) is 6.59. The highest BCUT2D eigenvalue weighted by Gasteiger charge is 2.38. The van der Waals surface area contributed by atoms with Gasteiger partial charge >= 0.3 is 0 Å². The van der Waals surface area contributed by atoms with E-state index in [1.807, 2.05) is 54.6 Å². The Labute approximate surface area is 218 Å². The van der Waals surface area contributed by atoms with E-state index in [0.29, 0.717) is 28.7 Å². The van der Waals surface area contributed by atoms with Gasteiger partial charge in [0.1, 0.15) is 5.01 Å². The lowest BCUT2D eigenvalue weighted by Crippen LogP contribution is -2.28. The molecule has 0 bridgehead atoms. The maximum absolute atomic E-state index is 13.5. The molecule has 4 heteroatoms. The van der Waals surface area contributed by atoms with Crippen molar-refractivity contribution in [2.45, 2.75) is 11.8 Å². The van der Waals surface area contributed by atoms with Gasteiger partial charge in [-0.2, -0.15) is 0 Å². The zero-order chi connectivity index (χ0) is 25.0. The number of allylic oxidation sites excluding steroid dienone is 4. The molecule has 1 atom stereocenters. The van der Waals surface area contributed by atoms with Crippen molar-refractivity contribution in [2.24, 2.45) is 0 Å². The Morgan fingerprint density at radius 2 is 1.38 bits per heavy atom. The average molecular weight is 496 g/mol. The van der Waals surface area contributed by atoms with Gasteiger partial charge in [0.15, 0.2) is 11.6 Å². The van der Waals surface area contributed by atoms with E-state index < -0.39 is 5.41 Å². The van der Waals surface area contributed by atoms with Gasteiger partial charge in [-0.05, 0) is 47.4 Å². The molecular weight excluding hydrogens is 474 g/mol. The molecule has 1 heterocycles. The molecule has 0 saturated carbocycles. The largest absolute Gasteiger partial charge is 0.289 e. The molecule has 1 unspecified atom stereocenters. The van der Waals surface area contributed by atoms with Gasteiger partial charge < -0.3 is 0 Å². The SMILES string of the molecule is O=C1c2ccccc2C(=O)c2cc(C3(c4nc5ccccc5s4)C=CC(c4ccccc4)=CC3)ccc21. The molecule has 7 rings (SSSR count). The van der Waals surface area contributed by atoms with Crippen LogP contribution in [0.25, 0.3) is 15.8 Å². The van der Waals surface area contributed by atoms with Crippen LogP contribution >= 0.6 is 11.3 Å². The summed E-state index contributed by atoms with van der Waals surface area (Å²) in [5.41, 5.74) is 5.59. The van der Waals surface area contributed by atoms with Crippen LogP contribution in [0.15, 0.2) is 115 Å². The molecule has 0 N–H and O–H groups in total. The summed E-state index contributed by atoms with van der Waals surface area (Å²) < 4.78 is 1.13. The van der Waals surface area contributed by atoms with E-state index in [1.165, 1.54) is 5.56 Å². The van der Waals surface area contributed by atoms with Gasteiger partial charge in [-0.15, -0.1) is 11.3 Å². The number of hydrogen-bond acceptors (Lipinski definition) is 4. The molecule has 2 aliphatic rings. The summed E-state index contributed by atoms with van der Waals surface area (Å²) in [7, 11) is 0. The zero-order valence-electron chi connectivity index (χ0n) is 19.8. The average Bonchev–Trinajstić information content (AvgIpc) is 3.41. The number of carbonyl (C=O) groups is 2. The minimum atomic E-state index is -0.544. The molecule has 3 nitrogen and oxygen atoms in total. The van der Waals surface area contributed by atoms with Gasteiger partial charge in [0, 0.05) is 22.3 Å².